The lowest BCUT2D eigenvalue weighted by Crippen LogP contribution is -2.37. The summed E-state index contributed by atoms with van der Waals surface area (Å²) >= 11 is 0. The van der Waals surface area contributed by atoms with Gasteiger partial charge in [-0.2, -0.15) is 0 Å². The minimum atomic E-state index is -3.88. The monoisotopic (exact) mass is 406 g/mol. The van der Waals surface area contributed by atoms with Crippen molar-refractivity contribution in [2.45, 2.75) is 84.0 Å². The van der Waals surface area contributed by atoms with Crippen molar-refractivity contribution in [3.05, 3.63) is 12.2 Å². The number of allylic oxidation sites excluding steroid dienone is 2. The predicted octanol–water partition coefficient (Wildman–Crippen LogP) is 6.08. The third kappa shape index (κ3) is 22.0. The van der Waals surface area contributed by atoms with Crippen LogP contribution < -0.4 is 0 Å². The van der Waals surface area contributed by atoms with Crippen molar-refractivity contribution < 1.29 is 23.0 Å². The second-order valence-electron chi connectivity index (χ2n) is 8.38. The highest BCUT2D eigenvalue weighted by atomic mass is 31.2. The van der Waals surface area contributed by atoms with Crippen LogP contribution in [0.25, 0.3) is 0 Å². The molecule has 0 saturated heterocycles. The molecule has 0 heterocycles. The lowest BCUT2D eigenvalue weighted by Gasteiger charge is -2.24. The van der Waals surface area contributed by atoms with Gasteiger partial charge < -0.3 is 9.38 Å². The molecule has 0 amide bonds. The fraction of sp³-hybridized carbons (Fsp3) is 0.905. The zero-order chi connectivity index (χ0) is 20.4. The van der Waals surface area contributed by atoms with E-state index in [-0.39, 0.29) is 6.61 Å². The van der Waals surface area contributed by atoms with Crippen LogP contribution in [-0.4, -0.2) is 50.3 Å². The van der Waals surface area contributed by atoms with Crippen molar-refractivity contribution in [2.24, 2.45) is 0 Å². The predicted molar refractivity (Wildman–Crippen MR) is 115 cm³/mol. The van der Waals surface area contributed by atoms with Gasteiger partial charge >= 0.3 is 7.82 Å². The first-order valence-electron chi connectivity index (χ1n) is 10.8. The van der Waals surface area contributed by atoms with Gasteiger partial charge in [-0.25, -0.2) is 4.57 Å². The van der Waals surface area contributed by atoms with Gasteiger partial charge in [-0.1, -0.05) is 64.0 Å². The summed E-state index contributed by atoms with van der Waals surface area (Å²) in [5.41, 5.74) is 0. The Morgan fingerprint density at radius 2 is 1.26 bits per heavy atom. The zero-order valence-electron chi connectivity index (χ0n) is 18.3. The number of rotatable bonds is 19. The minimum Gasteiger partial charge on any atom is -0.329 e. The molecule has 6 heteroatoms. The minimum absolute atomic E-state index is 0.227. The molecule has 0 aliphatic rings. The average Bonchev–Trinajstić information content (AvgIpc) is 2.57. The smallest absolute Gasteiger partial charge is 0.329 e. The fourth-order valence-corrected chi connectivity index (χ4v) is 3.39. The lowest BCUT2D eigenvalue weighted by atomic mass is 10.1. The maximum atomic E-state index is 11.7. The molecule has 0 aromatic heterocycles. The molecule has 0 rings (SSSR count). The van der Waals surface area contributed by atoms with E-state index in [4.69, 9.17) is 9.05 Å². The highest BCUT2D eigenvalue weighted by Crippen LogP contribution is 2.43. The molecule has 5 nitrogen and oxygen atoms in total. The lowest BCUT2D eigenvalue weighted by molar-refractivity contribution is -0.870. The number of nitrogens with zero attached hydrogens (tertiary/aromatic N) is 1. The number of phosphoric ester groups is 1. The molecule has 0 aromatic rings. The van der Waals surface area contributed by atoms with Crippen molar-refractivity contribution in [2.75, 3.05) is 40.9 Å². The Morgan fingerprint density at radius 3 is 1.81 bits per heavy atom. The standard InChI is InChI=1S/C21H44NO4P/c1-5-6-7-8-9-10-11-12-13-14-15-16-17-18-20-25-27(23,24)26-21-19-22(2,3)4/h10-11H,5-9,12-21H2,1-4H3/p+1/b11-10-. The van der Waals surface area contributed by atoms with E-state index < -0.39 is 7.82 Å². The maximum Gasteiger partial charge on any atom is 0.472 e. The molecule has 162 valence electrons. The highest BCUT2D eigenvalue weighted by molar-refractivity contribution is 7.47. The van der Waals surface area contributed by atoms with E-state index in [1.54, 1.807) is 0 Å². The van der Waals surface area contributed by atoms with Gasteiger partial charge in [0.15, 0.2) is 0 Å². The number of likely N-dealkylation sites (N-methyl/N-ethyl adjacent to an activating group) is 1. The van der Waals surface area contributed by atoms with Gasteiger partial charge in [0.25, 0.3) is 0 Å². The van der Waals surface area contributed by atoms with Crippen LogP contribution in [0.4, 0.5) is 0 Å². The number of phosphoric acid groups is 1. The van der Waals surface area contributed by atoms with E-state index in [0.29, 0.717) is 17.6 Å². The molecule has 1 atom stereocenters. The molecule has 0 bridgehead atoms. The van der Waals surface area contributed by atoms with Crippen molar-refractivity contribution in [3.63, 3.8) is 0 Å². The van der Waals surface area contributed by atoms with Gasteiger partial charge in [-0.05, 0) is 32.1 Å². The van der Waals surface area contributed by atoms with E-state index >= 15 is 0 Å². The Morgan fingerprint density at radius 1 is 0.778 bits per heavy atom. The first-order valence-corrected chi connectivity index (χ1v) is 12.3. The van der Waals surface area contributed by atoms with Gasteiger partial charge in [0.2, 0.25) is 0 Å². The summed E-state index contributed by atoms with van der Waals surface area (Å²) in [7, 11) is 2.15. The quantitative estimate of drug-likeness (QED) is 0.122. The summed E-state index contributed by atoms with van der Waals surface area (Å²) < 4.78 is 22.4. The molecular weight excluding hydrogens is 361 g/mol. The van der Waals surface area contributed by atoms with E-state index in [1.165, 1.54) is 57.8 Å². The van der Waals surface area contributed by atoms with Crippen LogP contribution in [0.15, 0.2) is 12.2 Å². The first kappa shape index (κ1) is 26.8. The molecule has 0 spiro atoms. The SMILES string of the molecule is CCCCCC/C=C\CCCCCCCCOP(=O)(O)OCC[N+](C)(C)C. The molecule has 0 aromatic carbocycles. The Bertz CT molecular complexity index is 407. The summed E-state index contributed by atoms with van der Waals surface area (Å²) in [5.74, 6) is 0. The molecule has 0 aliphatic carbocycles. The average molecular weight is 407 g/mol. The number of unbranched alkanes of at least 4 members (excludes halogenated alkanes) is 10. The fourth-order valence-electron chi connectivity index (χ4n) is 2.64. The molecule has 1 N–H and O–H groups in total. The summed E-state index contributed by atoms with van der Waals surface area (Å²) in [6, 6.07) is 0. The van der Waals surface area contributed by atoms with Crippen LogP contribution in [0, 0.1) is 0 Å². The first-order chi connectivity index (χ1) is 12.8. The summed E-state index contributed by atoms with van der Waals surface area (Å²) in [6.07, 6.45) is 19.2. The van der Waals surface area contributed by atoms with Crippen LogP contribution in [0.1, 0.15) is 84.0 Å². The summed E-state index contributed by atoms with van der Waals surface area (Å²) in [4.78, 5) is 9.61. The van der Waals surface area contributed by atoms with E-state index in [9.17, 15) is 9.46 Å². The van der Waals surface area contributed by atoms with Crippen molar-refractivity contribution in [3.8, 4) is 0 Å². The highest BCUT2D eigenvalue weighted by Gasteiger charge is 2.21. The van der Waals surface area contributed by atoms with E-state index in [2.05, 4.69) is 19.1 Å². The van der Waals surface area contributed by atoms with Crippen LogP contribution in [0.5, 0.6) is 0 Å². The Labute approximate surface area is 168 Å². The van der Waals surface area contributed by atoms with Gasteiger partial charge in [-0.3, -0.25) is 9.05 Å². The largest absolute Gasteiger partial charge is 0.472 e. The molecule has 0 fully saturated rings. The van der Waals surface area contributed by atoms with Crippen LogP contribution in [0.2, 0.25) is 0 Å². The normalized spacial score (nSPS) is 14.7. The summed E-state index contributed by atoms with van der Waals surface area (Å²) in [6.45, 7) is 3.43. The third-order valence-corrected chi connectivity index (χ3v) is 5.44. The zero-order valence-corrected chi connectivity index (χ0v) is 19.2. The Kier molecular flexibility index (Phi) is 16.6. The molecule has 0 saturated carbocycles. The third-order valence-electron chi connectivity index (χ3n) is 4.43. The van der Waals surface area contributed by atoms with Crippen LogP contribution in [0.3, 0.4) is 0 Å². The van der Waals surface area contributed by atoms with Crippen molar-refractivity contribution in [1.29, 1.82) is 0 Å². The van der Waals surface area contributed by atoms with Gasteiger partial charge in [0.1, 0.15) is 13.2 Å². The number of hydrogen-bond donors (Lipinski definition) is 1. The van der Waals surface area contributed by atoms with E-state index in [1.807, 2.05) is 21.1 Å². The van der Waals surface area contributed by atoms with Crippen LogP contribution in [-0.2, 0) is 13.6 Å². The van der Waals surface area contributed by atoms with Gasteiger partial charge in [-0.15, -0.1) is 0 Å². The molecular formula is C21H45NO4P+. The van der Waals surface area contributed by atoms with Crippen molar-refractivity contribution >= 4 is 7.82 Å². The van der Waals surface area contributed by atoms with Gasteiger partial charge in [0.05, 0.1) is 27.7 Å². The number of hydrogen-bond acceptors (Lipinski definition) is 3. The molecule has 0 radical (unpaired) electrons. The number of quaternary nitrogens is 1. The van der Waals surface area contributed by atoms with Crippen molar-refractivity contribution in [1.82, 2.24) is 0 Å². The Hall–Kier alpha value is -0.190. The van der Waals surface area contributed by atoms with E-state index in [0.717, 1.165) is 19.3 Å². The maximum absolute atomic E-state index is 11.7. The summed E-state index contributed by atoms with van der Waals surface area (Å²) in [5, 5.41) is 0. The second-order valence-corrected chi connectivity index (χ2v) is 9.83. The molecule has 27 heavy (non-hydrogen) atoms. The topological polar surface area (TPSA) is 55.8 Å². The molecule has 0 aliphatic heterocycles. The Balaban J connectivity index is 3.39. The molecule has 1 unspecified atom stereocenters. The second kappa shape index (κ2) is 16.7. The van der Waals surface area contributed by atoms with Crippen LogP contribution >= 0.6 is 7.82 Å². The van der Waals surface area contributed by atoms with Gasteiger partial charge in [0, 0.05) is 0 Å².